The monoisotopic (exact) mass is 354 g/mol. The predicted molar refractivity (Wildman–Crippen MR) is 92.6 cm³/mol. The number of carbonyl (C=O) groups excluding carboxylic acids is 1. The van der Waals surface area contributed by atoms with Crippen LogP contribution in [-0.4, -0.2) is 37.0 Å². The maximum atomic E-state index is 13.1. The van der Waals surface area contributed by atoms with Crippen LogP contribution in [0.1, 0.15) is 34.1 Å². The van der Waals surface area contributed by atoms with Gasteiger partial charge in [-0.05, 0) is 37.6 Å². The first-order valence-corrected chi connectivity index (χ1v) is 8.63. The van der Waals surface area contributed by atoms with E-state index < -0.39 is 0 Å². The number of benzene rings is 1. The van der Waals surface area contributed by atoms with Crippen LogP contribution in [0.5, 0.6) is 0 Å². The lowest BCUT2D eigenvalue weighted by Crippen LogP contribution is -2.27. The number of halogens is 1. The molecule has 0 saturated carbocycles. The smallest absolute Gasteiger partial charge is 0.254 e. The van der Waals surface area contributed by atoms with E-state index >= 15 is 0 Å². The second-order valence-corrected chi connectivity index (χ2v) is 6.33. The molecule has 1 aliphatic rings. The van der Waals surface area contributed by atoms with Gasteiger partial charge in [0.15, 0.2) is 0 Å². The summed E-state index contributed by atoms with van der Waals surface area (Å²) in [7, 11) is 0. The molecule has 3 heterocycles. The summed E-state index contributed by atoms with van der Waals surface area (Å²) >= 11 is 0. The zero-order valence-corrected chi connectivity index (χ0v) is 14.4. The molecule has 0 atom stereocenters. The van der Waals surface area contributed by atoms with Crippen LogP contribution < -0.4 is 5.32 Å². The van der Waals surface area contributed by atoms with E-state index in [1.54, 1.807) is 16.8 Å². The van der Waals surface area contributed by atoms with Crippen molar-refractivity contribution in [1.29, 1.82) is 0 Å². The Morgan fingerprint density at radius 2 is 2.08 bits per heavy atom. The summed E-state index contributed by atoms with van der Waals surface area (Å²) in [5.74, 6) is 1.45. The molecule has 1 amide bonds. The summed E-state index contributed by atoms with van der Waals surface area (Å²) in [6.45, 7) is 3.25. The van der Waals surface area contributed by atoms with Gasteiger partial charge in [-0.2, -0.15) is 5.10 Å². The van der Waals surface area contributed by atoms with Gasteiger partial charge < -0.3 is 9.88 Å². The Hall–Kier alpha value is -3.03. The van der Waals surface area contributed by atoms with E-state index in [9.17, 15) is 9.18 Å². The van der Waals surface area contributed by atoms with Crippen molar-refractivity contribution >= 4 is 5.91 Å². The number of nitrogens with zero attached hydrogens (tertiary/aromatic N) is 5. The lowest BCUT2D eigenvalue weighted by Gasteiger charge is -2.07. The highest BCUT2D eigenvalue weighted by atomic mass is 19.1. The molecule has 8 heteroatoms. The molecule has 0 spiro atoms. The fraction of sp³-hybridized carbons (Fsp3) is 0.333. The molecule has 7 nitrogen and oxygen atoms in total. The van der Waals surface area contributed by atoms with E-state index in [1.165, 1.54) is 18.3 Å². The van der Waals surface area contributed by atoms with Crippen molar-refractivity contribution in [3.63, 3.8) is 0 Å². The first-order chi connectivity index (χ1) is 12.6. The highest BCUT2D eigenvalue weighted by molar-refractivity contribution is 5.95. The molecule has 26 heavy (non-hydrogen) atoms. The zero-order chi connectivity index (χ0) is 18.1. The van der Waals surface area contributed by atoms with Gasteiger partial charge in [0, 0.05) is 25.9 Å². The number of hydrogen-bond donors (Lipinski definition) is 1. The Labute approximate surface area is 149 Å². The summed E-state index contributed by atoms with van der Waals surface area (Å²) in [4.78, 5) is 12.5. The molecule has 1 N–H and O–H groups in total. The molecular weight excluding hydrogens is 335 g/mol. The van der Waals surface area contributed by atoms with Crippen molar-refractivity contribution in [2.45, 2.75) is 32.7 Å². The lowest BCUT2D eigenvalue weighted by molar-refractivity contribution is 0.0953. The molecular formula is C18H19FN6O. The van der Waals surface area contributed by atoms with Crippen LogP contribution in [0.3, 0.4) is 0 Å². The van der Waals surface area contributed by atoms with Gasteiger partial charge >= 0.3 is 0 Å². The normalized spacial score (nSPS) is 13.0. The molecule has 3 aromatic rings. The fourth-order valence-corrected chi connectivity index (χ4v) is 3.25. The van der Waals surface area contributed by atoms with E-state index in [0.29, 0.717) is 29.9 Å². The average molecular weight is 354 g/mol. The molecule has 1 aromatic carbocycles. The van der Waals surface area contributed by atoms with E-state index in [4.69, 9.17) is 0 Å². The Bertz CT molecular complexity index is 943. The number of fused-ring (bicyclic) bond motifs is 1. The van der Waals surface area contributed by atoms with E-state index in [1.807, 2.05) is 6.92 Å². The number of rotatable bonds is 5. The maximum absolute atomic E-state index is 13.1. The minimum atomic E-state index is -0.309. The van der Waals surface area contributed by atoms with Gasteiger partial charge in [0.2, 0.25) is 0 Å². The average Bonchev–Trinajstić information content (AvgIpc) is 3.33. The Morgan fingerprint density at radius 1 is 1.27 bits per heavy atom. The summed E-state index contributed by atoms with van der Waals surface area (Å²) in [5, 5.41) is 15.5. The van der Waals surface area contributed by atoms with Crippen LogP contribution in [0.4, 0.5) is 4.39 Å². The van der Waals surface area contributed by atoms with E-state index in [-0.39, 0.29) is 11.7 Å². The van der Waals surface area contributed by atoms with E-state index in [2.05, 4.69) is 25.2 Å². The topological polar surface area (TPSA) is 77.6 Å². The maximum Gasteiger partial charge on any atom is 0.254 e. The van der Waals surface area contributed by atoms with Crippen molar-refractivity contribution in [3.8, 4) is 5.69 Å². The number of aromatic nitrogens is 5. The van der Waals surface area contributed by atoms with Gasteiger partial charge in [-0.15, -0.1) is 10.2 Å². The third-order valence-electron chi connectivity index (χ3n) is 4.65. The van der Waals surface area contributed by atoms with Gasteiger partial charge in [-0.1, -0.05) is 0 Å². The number of nitrogens with one attached hydrogen (secondary N) is 1. The van der Waals surface area contributed by atoms with Crippen molar-refractivity contribution in [2.75, 3.05) is 6.54 Å². The molecule has 4 rings (SSSR count). The first kappa shape index (κ1) is 16.4. The van der Waals surface area contributed by atoms with Crippen molar-refractivity contribution in [2.24, 2.45) is 0 Å². The molecule has 0 unspecified atom stereocenters. The van der Waals surface area contributed by atoms with Crippen LogP contribution in [0.2, 0.25) is 0 Å². The van der Waals surface area contributed by atoms with Gasteiger partial charge in [-0.3, -0.25) is 4.79 Å². The Balaban J connectivity index is 1.41. The molecule has 134 valence electrons. The summed E-state index contributed by atoms with van der Waals surface area (Å²) in [6, 6.07) is 5.99. The van der Waals surface area contributed by atoms with Crippen LogP contribution in [-0.2, 0) is 19.4 Å². The first-order valence-electron chi connectivity index (χ1n) is 8.63. The third kappa shape index (κ3) is 2.98. The zero-order valence-electron chi connectivity index (χ0n) is 14.4. The number of hydrogen-bond acceptors (Lipinski definition) is 4. The number of carbonyl (C=O) groups is 1. The summed E-state index contributed by atoms with van der Waals surface area (Å²) < 4.78 is 16.8. The van der Waals surface area contributed by atoms with Crippen LogP contribution >= 0.6 is 0 Å². The Kier molecular flexibility index (Phi) is 4.24. The molecule has 0 radical (unpaired) electrons. The van der Waals surface area contributed by atoms with Gasteiger partial charge in [0.25, 0.3) is 5.91 Å². The minimum absolute atomic E-state index is 0.183. The highest BCUT2D eigenvalue weighted by Crippen LogP contribution is 2.16. The SMILES string of the molecule is Cc1c(C(=O)NCCc2nnc3n2CCC3)cnn1-c1ccc(F)cc1. The number of aryl methyl sites for hydroxylation is 1. The third-order valence-corrected chi connectivity index (χ3v) is 4.65. The van der Waals surface area contributed by atoms with Gasteiger partial charge in [-0.25, -0.2) is 9.07 Å². The van der Waals surface area contributed by atoms with Crippen molar-refractivity contribution in [3.05, 3.63) is 59.2 Å². The molecule has 2 aromatic heterocycles. The molecule has 1 aliphatic heterocycles. The van der Waals surface area contributed by atoms with Gasteiger partial charge in [0.1, 0.15) is 17.5 Å². The van der Waals surface area contributed by atoms with Crippen LogP contribution in [0.15, 0.2) is 30.5 Å². The second kappa shape index (κ2) is 6.70. The summed E-state index contributed by atoms with van der Waals surface area (Å²) in [5.41, 5.74) is 1.92. The molecule has 0 fully saturated rings. The van der Waals surface area contributed by atoms with E-state index in [0.717, 1.165) is 31.0 Å². The molecule has 0 aliphatic carbocycles. The Morgan fingerprint density at radius 3 is 2.88 bits per heavy atom. The lowest BCUT2D eigenvalue weighted by atomic mass is 10.2. The second-order valence-electron chi connectivity index (χ2n) is 6.33. The largest absolute Gasteiger partial charge is 0.351 e. The highest BCUT2D eigenvalue weighted by Gasteiger charge is 2.18. The molecule has 0 saturated heterocycles. The minimum Gasteiger partial charge on any atom is -0.351 e. The summed E-state index contributed by atoms with van der Waals surface area (Å²) in [6.07, 6.45) is 4.25. The van der Waals surface area contributed by atoms with Crippen molar-refractivity contribution < 1.29 is 9.18 Å². The predicted octanol–water partition coefficient (Wildman–Crippen LogP) is 1.83. The molecule has 0 bridgehead atoms. The van der Waals surface area contributed by atoms with Gasteiger partial charge in [0.05, 0.1) is 23.1 Å². The standard InChI is InChI=1S/C18H19FN6O/c1-12-15(11-21-25(12)14-6-4-13(19)5-7-14)18(26)20-9-8-17-23-22-16-3-2-10-24(16)17/h4-7,11H,2-3,8-10H2,1H3,(H,20,26). The quantitative estimate of drug-likeness (QED) is 0.758. The van der Waals surface area contributed by atoms with Crippen molar-refractivity contribution in [1.82, 2.24) is 29.9 Å². The van der Waals surface area contributed by atoms with Crippen LogP contribution in [0, 0.1) is 12.7 Å². The van der Waals surface area contributed by atoms with Crippen LogP contribution in [0.25, 0.3) is 5.69 Å². The number of amides is 1. The fourth-order valence-electron chi connectivity index (χ4n) is 3.25.